The topological polar surface area (TPSA) is 98.0 Å². The Morgan fingerprint density at radius 2 is 1.44 bits per heavy atom. The lowest BCUT2D eigenvalue weighted by Crippen LogP contribution is -2.23. The molecule has 0 aliphatic carbocycles. The highest BCUT2D eigenvalue weighted by molar-refractivity contribution is 5.66. The Bertz CT molecular complexity index is 451. The number of aliphatic carboxylic acids is 1. The molecule has 0 bridgehead atoms. The van der Waals surface area contributed by atoms with Crippen LogP contribution in [0.3, 0.4) is 0 Å². The number of allylic oxidation sites excluding steroid dienone is 6. The molecule has 0 aliphatic heterocycles. The molecule has 0 unspecified atom stereocenters. The molecule has 0 saturated carbocycles. The molecule has 0 aromatic carbocycles. The second-order valence-corrected chi connectivity index (χ2v) is 5.95. The van der Waals surface area contributed by atoms with Gasteiger partial charge in [0.2, 0.25) is 0 Å². The van der Waals surface area contributed by atoms with E-state index >= 15 is 0 Å². The quantitative estimate of drug-likeness (QED) is 0.284. The molecule has 0 aromatic heterocycles. The lowest BCUT2D eigenvalue weighted by molar-refractivity contribution is -0.137. The van der Waals surface area contributed by atoms with E-state index in [-0.39, 0.29) is 12.8 Å². The standard InChI is InChI=1S/C20H32O5/c1-2-3-8-12-17(21)13-9-6-4-5-7-10-14-18(22)19(23)15-11-16-20(24)25/h4-7,9-10,13-14,17-19,21-23H,2-3,8,11-12,15-16H2,1H3,(H,24,25)/b6-4-,7-5+,13-9+,14-10+/t17-,18-,19-/m1/s1. The summed E-state index contributed by atoms with van der Waals surface area (Å²) in [6.45, 7) is 2.13. The fourth-order valence-corrected chi connectivity index (χ4v) is 2.09. The first-order chi connectivity index (χ1) is 12.0. The number of hydrogen-bond donors (Lipinski definition) is 4. The van der Waals surface area contributed by atoms with Crippen molar-refractivity contribution in [1.29, 1.82) is 0 Å². The van der Waals surface area contributed by atoms with E-state index in [4.69, 9.17) is 5.11 Å². The Hall–Kier alpha value is -1.69. The first kappa shape index (κ1) is 23.3. The summed E-state index contributed by atoms with van der Waals surface area (Å²) in [5.41, 5.74) is 0. The number of carboxylic acid groups (broad SMARTS) is 1. The second kappa shape index (κ2) is 15.8. The van der Waals surface area contributed by atoms with Crippen molar-refractivity contribution in [1.82, 2.24) is 0 Å². The minimum Gasteiger partial charge on any atom is -0.481 e. The average molecular weight is 352 g/mol. The maximum atomic E-state index is 10.4. The Balaban J connectivity index is 3.97. The Kier molecular flexibility index (Phi) is 14.7. The van der Waals surface area contributed by atoms with E-state index in [2.05, 4.69) is 6.92 Å². The van der Waals surface area contributed by atoms with Crippen LogP contribution >= 0.6 is 0 Å². The molecule has 142 valence electrons. The van der Waals surface area contributed by atoms with Gasteiger partial charge in [-0.05, 0) is 19.3 Å². The van der Waals surface area contributed by atoms with E-state index in [0.717, 1.165) is 25.7 Å². The molecule has 0 rings (SSSR count). The van der Waals surface area contributed by atoms with Crippen molar-refractivity contribution >= 4 is 5.97 Å². The molecule has 5 nitrogen and oxygen atoms in total. The largest absolute Gasteiger partial charge is 0.481 e. The predicted molar refractivity (Wildman–Crippen MR) is 100 cm³/mol. The highest BCUT2D eigenvalue weighted by atomic mass is 16.4. The van der Waals surface area contributed by atoms with Crippen LogP contribution in [0.25, 0.3) is 0 Å². The van der Waals surface area contributed by atoms with Crippen LogP contribution in [0.2, 0.25) is 0 Å². The fraction of sp³-hybridized carbons (Fsp3) is 0.550. The van der Waals surface area contributed by atoms with Crippen LogP contribution in [0.4, 0.5) is 0 Å². The van der Waals surface area contributed by atoms with Crippen molar-refractivity contribution in [3.63, 3.8) is 0 Å². The van der Waals surface area contributed by atoms with Crippen LogP contribution in [0.5, 0.6) is 0 Å². The minimum absolute atomic E-state index is 0.0149. The molecule has 0 heterocycles. The zero-order chi connectivity index (χ0) is 18.9. The number of carboxylic acids is 1. The summed E-state index contributed by atoms with van der Waals surface area (Å²) < 4.78 is 0. The van der Waals surface area contributed by atoms with Gasteiger partial charge < -0.3 is 20.4 Å². The van der Waals surface area contributed by atoms with Crippen LogP contribution in [0.1, 0.15) is 51.9 Å². The molecule has 0 radical (unpaired) electrons. The molecule has 0 aliphatic rings. The fourth-order valence-electron chi connectivity index (χ4n) is 2.09. The SMILES string of the molecule is CCCCC[C@@H](O)/C=C/C=C\C=C\C=C\[C@@H](O)[C@H](O)CCCC(=O)O. The normalized spacial score (nSPS) is 16.3. The average Bonchev–Trinajstić information content (AvgIpc) is 2.56. The number of aliphatic hydroxyl groups is 3. The smallest absolute Gasteiger partial charge is 0.303 e. The second-order valence-electron chi connectivity index (χ2n) is 5.95. The maximum Gasteiger partial charge on any atom is 0.303 e. The number of aliphatic hydroxyl groups excluding tert-OH is 3. The minimum atomic E-state index is -1.01. The van der Waals surface area contributed by atoms with Gasteiger partial charge in [-0.25, -0.2) is 0 Å². The Labute approximate surface area is 150 Å². The third kappa shape index (κ3) is 15.6. The van der Waals surface area contributed by atoms with Gasteiger partial charge in [-0.15, -0.1) is 0 Å². The van der Waals surface area contributed by atoms with Gasteiger partial charge in [-0.1, -0.05) is 74.8 Å². The van der Waals surface area contributed by atoms with Gasteiger partial charge in [0.25, 0.3) is 0 Å². The Morgan fingerprint density at radius 1 is 0.840 bits per heavy atom. The maximum absolute atomic E-state index is 10.4. The summed E-state index contributed by atoms with van der Waals surface area (Å²) in [4.78, 5) is 10.4. The highest BCUT2D eigenvalue weighted by Crippen LogP contribution is 2.06. The van der Waals surface area contributed by atoms with Crippen LogP contribution in [0.15, 0.2) is 48.6 Å². The van der Waals surface area contributed by atoms with E-state index < -0.39 is 24.3 Å². The molecule has 25 heavy (non-hydrogen) atoms. The van der Waals surface area contributed by atoms with Crippen molar-refractivity contribution in [2.75, 3.05) is 0 Å². The Morgan fingerprint density at radius 3 is 2.04 bits per heavy atom. The predicted octanol–water partition coefficient (Wildman–Crippen LogP) is 3.13. The van der Waals surface area contributed by atoms with Crippen molar-refractivity contribution in [2.45, 2.75) is 70.2 Å². The number of carbonyl (C=O) groups is 1. The van der Waals surface area contributed by atoms with Crippen molar-refractivity contribution < 1.29 is 25.2 Å². The third-order valence-corrected chi connectivity index (χ3v) is 3.59. The van der Waals surface area contributed by atoms with Gasteiger partial charge in [-0.3, -0.25) is 4.79 Å². The van der Waals surface area contributed by atoms with Gasteiger partial charge in [0, 0.05) is 6.42 Å². The third-order valence-electron chi connectivity index (χ3n) is 3.59. The van der Waals surface area contributed by atoms with Gasteiger partial charge in [0.1, 0.15) is 0 Å². The molecule has 3 atom stereocenters. The van der Waals surface area contributed by atoms with E-state index in [1.165, 1.54) is 6.08 Å². The first-order valence-corrected chi connectivity index (χ1v) is 8.91. The van der Waals surface area contributed by atoms with E-state index in [0.29, 0.717) is 6.42 Å². The van der Waals surface area contributed by atoms with Crippen molar-refractivity contribution in [2.24, 2.45) is 0 Å². The van der Waals surface area contributed by atoms with Gasteiger partial charge in [0.15, 0.2) is 0 Å². The van der Waals surface area contributed by atoms with Crippen LogP contribution in [-0.4, -0.2) is 44.7 Å². The summed E-state index contributed by atoms with van der Waals surface area (Å²) in [7, 11) is 0. The molecule has 0 saturated heterocycles. The van der Waals surface area contributed by atoms with Crippen LogP contribution in [-0.2, 0) is 4.79 Å². The van der Waals surface area contributed by atoms with Crippen molar-refractivity contribution in [3.8, 4) is 0 Å². The highest BCUT2D eigenvalue weighted by Gasteiger charge is 2.12. The van der Waals surface area contributed by atoms with Crippen molar-refractivity contribution in [3.05, 3.63) is 48.6 Å². The zero-order valence-electron chi connectivity index (χ0n) is 15.0. The number of rotatable bonds is 14. The summed E-state index contributed by atoms with van der Waals surface area (Å²) in [5, 5.41) is 37.6. The zero-order valence-corrected chi connectivity index (χ0v) is 15.0. The molecule has 4 N–H and O–H groups in total. The summed E-state index contributed by atoms with van der Waals surface area (Å²) in [6.07, 6.45) is 16.0. The number of hydrogen-bond acceptors (Lipinski definition) is 4. The molecular formula is C20H32O5. The lowest BCUT2D eigenvalue weighted by Gasteiger charge is -2.13. The molecule has 5 heteroatoms. The molecule has 0 aromatic rings. The van der Waals surface area contributed by atoms with E-state index in [9.17, 15) is 20.1 Å². The molecule has 0 amide bonds. The molecule has 0 spiro atoms. The van der Waals surface area contributed by atoms with Crippen LogP contribution in [0, 0.1) is 0 Å². The molecule has 0 fully saturated rings. The summed E-state index contributed by atoms with van der Waals surface area (Å²) in [5.74, 6) is -0.908. The van der Waals surface area contributed by atoms with Gasteiger partial charge in [0.05, 0.1) is 18.3 Å². The van der Waals surface area contributed by atoms with Crippen LogP contribution < -0.4 is 0 Å². The van der Waals surface area contributed by atoms with Gasteiger partial charge in [-0.2, -0.15) is 0 Å². The molecular weight excluding hydrogens is 320 g/mol. The monoisotopic (exact) mass is 352 g/mol. The summed E-state index contributed by atoms with van der Waals surface area (Å²) in [6, 6.07) is 0. The lowest BCUT2D eigenvalue weighted by atomic mass is 10.1. The van der Waals surface area contributed by atoms with E-state index in [1.807, 2.05) is 6.08 Å². The first-order valence-electron chi connectivity index (χ1n) is 8.91. The number of unbranched alkanes of at least 4 members (excludes halogenated alkanes) is 2. The summed E-state index contributed by atoms with van der Waals surface area (Å²) >= 11 is 0. The van der Waals surface area contributed by atoms with Gasteiger partial charge >= 0.3 is 5.97 Å². The van der Waals surface area contributed by atoms with E-state index in [1.54, 1.807) is 36.5 Å².